The minimum atomic E-state index is -1.01. The van der Waals surface area contributed by atoms with Crippen LogP contribution >= 0.6 is 0 Å². The maximum absolute atomic E-state index is 10.7. The van der Waals surface area contributed by atoms with Crippen molar-refractivity contribution in [2.45, 2.75) is 12.8 Å². The average molecular weight is 224 g/mol. The zero-order valence-corrected chi connectivity index (χ0v) is 8.93. The van der Waals surface area contributed by atoms with Crippen LogP contribution in [0.4, 0.5) is 11.4 Å². The molecule has 1 rings (SSSR count). The summed E-state index contributed by atoms with van der Waals surface area (Å²) in [5.41, 5.74) is 0.664. The first-order valence-electron chi connectivity index (χ1n) is 4.66. The molecule has 0 aromatic heterocycles. The van der Waals surface area contributed by atoms with E-state index in [1.807, 2.05) is 0 Å². The van der Waals surface area contributed by atoms with Gasteiger partial charge in [0.15, 0.2) is 0 Å². The number of hydrogen-bond donors (Lipinski definition) is 2. The predicted molar refractivity (Wildman–Crippen MR) is 58.7 cm³/mol. The largest absolute Gasteiger partial charge is 0.481 e. The van der Waals surface area contributed by atoms with Crippen molar-refractivity contribution >= 4 is 17.3 Å². The maximum atomic E-state index is 10.7. The highest BCUT2D eigenvalue weighted by Crippen LogP contribution is 2.28. The van der Waals surface area contributed by atoms with Crippen LogP contribution in [-0.2, 0) is 4.79 Å². The van der Waals surface area contributed by atoms with Gasteiger partial charge < -0.3 is 10.4 Å². The lowest BCUT2D eigenvalue weighted by Crippen LogP contribution is -2.08. The zero-order chi connectivity index (χ0) is 12.3. The maximum Gasteiger partial charge on any atom is 0.310 e. The molecule has 6 heteroatoms. The van der Waals surface area contributed by atoms with Gasteiger partial charge in [0, 0.05) is 13.1 Å². The highest BCUT2D eigenvalue weighted by atomic mass is 16.6. The van der Waals surface area contributed by atoms with Crippen LogP contribution in [0.2, 0.25) is 0 Å². The summed E-state index contributed by atoms with van der Waals surface area (Å²) in [4.78, 5) is 21.0. The van der Waals surface area contributed by atoms with Crippen LogP contribution in [0.15, 0.2) is 18.2 Å². The molecule has 0 amide bonds. The molecule has 0 bridgehead atoms. The number of carboxylic acids is 1. The Morgan fingerprint density at radius 1 is 1.56 bits per heavy atom. The summed E-state index contributed by atoms with van der Waals surface area (Å²) >= 11 is 0. The molecule has 0 aliphatic rings. The minimum absolute atomic E-state index is 0.117. The first-order chi connectivity index (χ1) is 7.47. The number of hydrogen-bond acceptors (Lipinski definition) is 4. The number of nitrogens with one attached hydrogen (secondary N) is 1. The molecule has 0 fully saturated rings. The SMILES string of the molecule is CNc1ccc(C(C)C(=O)O)cc1[N+](=O)[O-]. The molecule has 1 atom stereocenters. The van der Waals surface area contributed by atoms with Gasteiger partial charge in [-0.25, -0.2) is 0 Å². The molecule has 0 spiro atoms. The van der Waals surface area contributed by atoms with Crippen molar-refractivity contribution in [3.63, 3.8) is 0 Å². The van der Waals surface area contributed by atoms with Crippen LogP contribution in [0.5, 0.6) is 0 Å². The molecule has 0 aliphatic heterocycles. The van der Waals surface area contributed by atoms with Crippen molar-refractivity contribution in [1.82, 2.24) is 0 Å². The number of carbonyl (C=O) groups is 1. The Labute approximate surface area is 92.0 Å². The standard InChI is InChI=1S/C10H12N2O4/c1-6(10(13)14)7-3-4-8(11-2)9(5-7)12(15)16/h3-6,11H,1-2H3,(H,13,14). The quantitative estimate of drug-likeness (QED) is 0.601. The summed E-state index contributed by atoms with van der Waals surface area (Å²) < 4.78 is 0. The van der Waals surface area contributed by atoms with E-state index >= 15 is 0 Å². The van der Waals surface area contributed by atoms with Gasteiger partial charge in [-0.1, -0.05) is 6.07 Å². The van der Waals surface area contributed by atoms with Crippen LogP contribution in [0.25, 0.3) is 0 Å². The second-order valence-corrected chi connectivity index (χ2v) is 3.34. The summed E-state index contributed by atoms with van der Waals surface area (Å²) in [5, 5.41) is 22.2. The molecule has 2 N–H and O–H groups in total. The minimum Gasteiger partial charge on any atom is -0.481 e. The molecule has 1 aromatic rings. The molecule has 0 radical (unpaired) electrons. The van der Waals surface area contributed by atoms with E-state index in [9.17, 15) is 14.9 Å². The molecule has 6 nitrogen and oxygen atoms in total. The molecule has 1 aromatic carbocycles. The molecule has 86 valence electrons. The van der Waals surface area contributed by atoms with Gasteiger partial charge in [-0.05, 0) is 18.6 Å². The lowest BCUT2D eigenvalue weighted by molar-refractivity contribution is -0.384. The molecule has 16 heavy (non-hydrogen) atoms. The third-order valence-electron chi connectivity index (χ3n) is 2.36. The number of nitro groups is 1. The summed E-state index contributed by atoms with van der Waals surface area (Å²) in [7, 11) is 1.57. The molecule has 0 aliphatic carbocycles. The first kappa shape index (κ1) is 12.0. The summed E-state index contributed by atoms with van der Waals surface area (Å²) in [6.45, 7) is 1.49. The highest BCUT2D eigenvalue weighted by molar-refractivity contribution is 5.77. The van der Waals surface area contributed by atoms with Gasteiger partial charge in [0.2, 0.25) is 0 Å². The van der Waals surface area contributed by atoms with Crippen molar-refractivity contribution in [2.24, 2.45) is 0 Å². The Bertz CT molecular complexity index is 431. The van der Waals surface area contributed by atoms with Gasteiger partial charge in [0.1, 0.15) is 5.69 Å². The number of rotatable bonds is 4. The topological polar surface area (TPSA) is 92.5 Å². The number of nitro benzene ring substituents is 1. The van der Waals surface area contributed by atoms with Gasteiger partial charge >= 0.3 is 5.97 Å². The molecule has 0 heterocycles. The Hall–Kier alpha value is -2.11. The van der Waals surface area contributed by atoms with Crippen LogP contribution in [0, 0.1) is 10.1 Å². The van der Waals surface area contributed by atoms with Crippen molar-refractivity contribution in [1.29, 1.82) is 0 Å². The number of carboxylic acid groups (broad SMARTS) is 1. The summed E-state index contributed by atoms with van der Waals surface area (Å²) in [6.07, 6.45) is 0. The number of nitrogens with zero attached hydrogens (tertiary/aromatic N) is 1. The van der Waals surface area contributed by atoms with Crippen LogP contribution < -0.4 is 5.32 Å². The van der Waals surface area contributed by atoms with Gasteiger partial charge in [-0.15, -0.1) is 0 Å². The average Bonchev–Trinajstić information content (AvgIpc) is 2.26. The second kappa shape index (κ2) is 4.61. The molecule has 0 saturated carbocycles. The van der Waals surface area contributed by atoms with Crippen molar-refractivity contribution in [2.75, 3.05) is 12.4 Å². The van der Waals surface area contributed by atoms with Gasteiger partial charge in [-0.3, -0.25) is 14.9 Å². The third-order valence-corrected chi connectivity index (χ3v) is 2.36. The lowest BCUT2D eigenvalue weighted by atomic mass is 10.0. The van der Waals surface area contributed by atoms with E-state index in [-0.39, 0.29) is 5.69 Å². The lowest BCUT2D eigenvalue weighted by Gasteiger charge is -2.08. The van der Waals surface area contributed by atoms with Crippen molar-refractivity contribution < 1.29 is 14.8 Å². The van der Waals surface area contributed by atoms with E-state index in [2.05, 4.69) is 5.32 Å². The Morgan fingerprint density at radius 2 is 2.19 bits per heavy atom. The van der Waals surface area contributed by atoms with Crippen LogP contribution in [-0.4, -0.2) is 23.0 Å². The Balaban J connectivity index is 3.21. The third kappa shape index (κ3) is 2.28. The van der Waals surface area contributed by atoms with Crippen LogP contribution in [0.1, 0.15) is 18.4 Å². The van der Waals surface area contributed by atoms with E-state index in [1.165, 1.54) is 19.1 Å². The second-order valence-electron chi connectivity index (χ2n) is 3.34. The molecular weight excluding hydrogens is 212 g/mol. The smallest absolute Gasteiger partial charge is 0.310 e. The van der Waals surface area contributed by atoms with Gasteiger partial charge in [-0.2, -0.15) is 0 Å². The fourth-order valence-electron chi connectivity index (χ4n) is 1.32. The first-order valence-corrected chi connectivity index (χ1v) is 4.66. The predicted octanol–water partition coefficient (Wildman–Crippen LogP) is 1.82. The molecular formula is C10H12N2O4. The Kier molecular flexibility index (Phi) is 3.44. The van der Waals surface area contributed by atoms with Gasteiger partial charge in [0.25, 0.3) is 5.69 Å². The zero-order valence-electron chi connectivity index (χ0n) is 8.93. The van der Waals surface area contributed by atoms with E-state index in [4.69, 9.17) is 5.11 Å². The summed E-state index contributed by atoms with van der Waals surface area (Å²) in [5.74, 6) is -1.77. The normalized spacial score (nSPS) is 11.9. The van der Waals surface area contributed by atoms with E-state index in [1.54, 1.807) is 13.1 Å². The number of aliphatic carboxylic acids is 1. The highest BCUT2D eigenvalue weighted by Gasteiger charge is 2.19. The Morgan fingerprint density at radius 3 is 2.62 bits per heavy atom. The van der Waals surface area contributed by atoms with Crippen molar-refractivity contribution in [3.8, 4) is 0 Å². The van der Waals surface area contributed by atoms with E-state index < -0.39 is 16.8 Å². The molecule has 1 unspecified atom stereocenters. The monoisotopic (exact) mass is 224 g/mol. The summed E-state index contributed by atoms with van der Waals surface area (Å²) in [6, 6.07) is 4.36. The molecule has 0 saturated heterocycles. The van der Waals surface area contributed by atoms with Crippen molar-refractivity contribution in [3.05, 3.63) is 33.9 Å². The number of anilines is 1. The van der Waals surface area contributed by atoms with Gasteiger partial charge in [0.05, 0.1) is 10.8 Å². The van der Waals surface area contributed by atoms with E-state index in [0.717, 1.165) is 0 Å². The fourth-order valence-corrected chi connectivity index (χ4v) is 1.32. The number of benzene rings is 1. The fraction of sp³-hybridized carbons (Fsp3) is 0.300. The van der Waals surface area contributed by atoms with Crippen LogP contribution in [0.3, 0.4) is 0 Å². The van der Waals surface area contributed by atoms with E-state index in [0.29, 0.717) is 11.3 Å².